The second-order valence-electron chi connectivity index (χ2n) is 7.76. The molecular weight excluding hydrogens is 406 g/mol. The quantitative estimate of drug-likeness (QED) is 0.383. The fraction of sp³-hybridized carbons (Fsp3) is 0.269. The Hall–Kier alpha value is -2.66. The number of nitrogens with zero attached hydrogens (tertiary/aromatic N) is 3. The molecule has 0 radical (unpaired) electrons. The molecule has 4 rings (SSSR count). The summed E-state index contributed by atoms with van der Waals surface area (Å²) in [5, 5.41) is 5.01. The van der Waals surface area contributed by atoms with Crippen LogP contribution in [0.1, 0.15) is 22.7 Å². The van der Waals surface area contributed by atoms with Crippen LogP contribution in [0.2, 0.25) is 5.02 Å². The van der Waals surface area contributed by atoms with Gasteiger partial charge in [-0.05, 0) is 23.3 Å². The molecular formula is C26H28ClN3O. The first-order chi connectivity index (χ1) is 15.2. The predicted octanol–water partition coefficient (Wildman–Crippen LogP) is 5.10. The van der Waals surface area contributed by atoms with Crippen molar-refractivity contribution in [2.75, 3.05) is 39.8 Å². The normalized spacial score (nSPS) is 15.9. The van der Waals surface area contributed by atoms with Crippen LogP contribution >= 0.6 is 11.6 Å². The summed E-state index contributed by atoms with van der Waals surface area (Å²) < 4.78 is 0. The number of oxime groups is 1. The first kappa shape index (κ1) is 21.6. The molecule has 0 amide bonds. The maximum absolute atomic E-state index is 6.04. The predicted molar refractivity (Wildman–Crippen MR) is 128 cm³/mol. The number of rotatable bonds is 7. The topological polar surface area (TPSA) is 28.1 Å². The average Bonchev–Trinajstić information content (AvgIpc) is 2.82. The second kappa shape index (κ2) is 10.6. The van der Waals surface area contributed by atoms with E-state index < -0.39 is 0 Å². The zero-order valence-electron chi connectivity index (χ0n) is 17.8. The standard InChI is InChI=1S/C26H28ClN3O/c1-31-28-25(21-12-14-24(27)15-13-21)20-29-16-18-30(19-17-29)26(22-8-4-2-5-9-22)23-10-6-3-7-11-23/h2-15,26H,16-20H2,1H3/b28-25+. The van der Waals surface area contributed by atoms with Gasteiger partial charge in [-0.3, -0.25) is 9.80 Å². The van der Waals surface area contributed by atoms with Gasteiger partial charge in [0, 0.05) is 43.3 Å². The number of hydrogen-bond donors (Lipinski definition) is 0. The largest absolute Gasteiger partial charge is 0.399 e. The van der Waals surface area contributed by atoms with Crippen LogP contribution in [0, 0.1) is 0 Å². The van der Waals surface area contributed by atoms with E-state index in [1.54, 1.807) is 7.11 Å². The van der Waals surface area contributed by atoms with E-state index in [9.17, 15) is 0 Å². The molecule has 0 unspecified atom stereocenters. The van der Waals surface area contributed by atoms with Crippen molar-refractivity contribution in [3.63, 3.8) is 0 Å². The van der Waals surface area contributed by atoms with E-state index in [-0.39, 0.29) is 6.04 Å². The summed E-state index contributed by atoms with van der Waals surface area (Å²) in [6, 6.07) is 29.6. The Morgan fingerprint density at radius 1 is 0.839 bits per heavy atom. The molecule has 1 fully saturated rings. The fourth-order valence-electron chi connectivity index (χ4n) is 4.20. The summed E-state index contributed by atoms with van der Waals surface area (Å²) in [4.78, 5) is 10.1. The first-order valence-corrected chi connectivity index (χ1v) is 11.0. The Morgan fingerprint density at radius 3 is 1.90 bits per heavy atom. The third-order valence-electron chi connectivity index (χ3n) is 5.75. The van der Waals surface area contributed by atoms with E-state index in [0.717, 1.165) is 49.0 Å². The molecule has 0 aromatic heterocycles. The van der Waals surface area contributed by atoms with Gasteiger partial charge in [0.25, 0.3) is 0 Å². The van der Waals surface area contributed by atoms with E-state index in [4.69, 9.17) is 16.4 Å². The smallest absolute Gasteiger partial charge is 0.106 e. The maximum Gasteiger partial charge on any atom is 0.106 e. The van der Waals surface area contributed by atoms with Crippen LogP contribution < -0.4 is 0 Å². The molecule has 3 aromatic rings. The van der Waals surface area contributed by atoms with Crippen LogP contribution in [0.25, 0.3) is 0 Å². The Labute approximate surface area is 189 Å². The van der Waals surface area contributed by atoms with Gasteiger partial charge >= 0.3 is 0 Å². The Balaban J connectivity index is 1.46. The van der Waals surface area contributed by atoms with Crippen molar-refractivity contribution in [1.29, 1.82) is 0 Å². The SMILES string of the molecule is CO/N=C(\CN1CCN(C(c2ccccc2)c2ccccc2)CC1)c1ccc(Cl)cc1. The molecule has 0 N–H and O–H groups in total. The third-order valence-corrected chi connectivity index (χ3v) is 6.01. The Bertz CT molecular complexity index is 929. The van der Waals surface area contributed by atoms with E-state index in [1.165, 1.54) is 11.1 Å². The van der Waals surface area contributed by atoms with E-state index >= 15 is 0 Å². The molecule has 5 heteroatoms. The van der Waals surface area contributed by atoms with Crippen molar-refractivity contribution < 1.29 is 4.84 Å². The Kier molecular flexibility index (Phi) is 7.36. The summed E-state index contributed by atoms with van der Waals surface area (Å²) >= 11 is 6.04. The molecule has 160 valence electrons. The third kappa shape index (κ3) is 5.53. The molecule has 0 spiro atoms. The van der Waals surface area contributed by atoms with Crippen molar-refractivity contribution in [2.45, 2.75) is 6.04 Å². The molecule has 0 atom stereocenters. The minimum absolute atomic E-state index is 0.271. The summed E-state index contributed by atoms with van der Waals surface area (Å²) in [6.07, 6.45) is 0. The van der Waals surface area contributed by atoms with Gasteiger partial charge in [0.05, 0.1) is 6.04 Å². The number of hydrogen-bond acceptors (Lipinski definition) is 4. The van der Waals surface area contributed by atoms with Crippen molar-refractivity contribution in [1.82, 2.24) is 9.80 Å². The molecule has 1 aliphatic rings. The van der Waals surface area contributed by atoms with Gasteiger partial charge in [-0.2, -0.15) is 0 Å². The molecule has 31 heavy (non-hydrogen) atoms. The van der Waals surface area contributed by atoms with E-state index in [2.05, 4.69) is 75.6 Å². The first-order valence-electron chi connectivity index (χ1n) is 10.7. The molecule has 1 heterocycles. The van der Waals surface area contributed by atoms with Crippen LogP contribution in [0.5, 0.6) is 0 Å². The van der Waals surface area contributed by atoms with Crippen LogP contribution in [-0.2, 0) is 4.84 Å². The lowest BCUT2D eigenvalue weighted by molar-refractivity contribution is 0.119. The highest BCUT2D eigenvalue weighted by Crippen LogP contribution is 2.29. The molecule has 4 nitrogen and oxygen atoms in total. The molecule has 1 saturated heterocycles. The highest BCUT2D eigenvalue weighted by atomic mass is 35.5. The zero-order chi connectivity index (χ0) is 21.5. The van der Waals surface area contributed by atoms with E-state index in [0.29, 0.717) is 0 Å². The lowest BCUT2D eigenvalue weighted by atomic mass is 9.96. The van der Waals surface area contributed by atoms with Gasteiger partial charge in [-0.15, -0.1) is 0 Å². The number of benzene rings is 3. The highest BCUT2D eigenvalue weighted by molar-refractivity contribution is 6.30. The van der Waals surface area contributed by atoms with Gasteiger partial charge in [-0.1, -0.05) is 89.6 Å². The highest BCUT2D eigenvalue weighted by Gasteiger charge is 2.27. The molecule has 3 aromatic carbocycles. The van der Waals surface area contributed by atoms with Crippen LogP contribution in [0.3, 0.4) is 0 Å². The number of piperazine rings is 1. The minimum atomic E-state index is 0.271. The average molecular weight is 434 g/mol. The van der Waals surface area contributed by atoms with Crippen molar-refractivity contribution in [3.8, 4) is 0 Å². The van der Waals surface area contributed by atoms with Gasteiger partial charge in [0.15, 0.2) is 0 Å². The Morgan fingerprint density at radius 2 is 1.39 bits per heavy atom. The summed E-state index contributed by atoms with van der Waals surface area (Å²) in [6.45, 7) is 4.70. The van der Waals surface area contributed by atoms with Gasteiger partial charge in [-0.25, -0.2) is 0 Å². The second-order valence-corrected chi connectivity index (χ2v) is 8.20. The van der Waals surface area contributed by atoms with Crippen molar-refractivity contribution >= 4 is 17.3 Å². The monoisotopic (exact) mass is 433 g/mol. The van der Waals surface area contributed by atoms with E-state index in [1.807, 2.05) is 24.3 Å². The minimum Gasteiger partial charge on any atom is -0.399 e. The number of halogens is 1. The molecule has 0 saturated carbocycles. The zero-order valence-corrected chi connectivity index (χ0v) is 18.6. The van der Waals surface area contributed by atoms with Crippen LogP contribution in [0.4, 0.5) is 0 Å². The fourth-order valence-corrected chi connectivity index (χ4v) is 4.33. The summed E-state index contributed by atoms with van der Waals surface area (Å²) in [5.41, 5.74) is 4.64. The van der Waals surface area contributed by atoms with Crippen LogP contribution in [0.15, 0.2) is 90.1 Å². The van der Waals surface area contributed by atoms with Gasteiger partial charge < -0.3 is 4.84 Å². The lowest BCUT2D eigenvalue weighted by Crippen LogP contribution is -2.49. The molecule has 0 bridgehead atoms. The summed E-state index contributed by atoms with van der Waals surface area (Å²) in [5.74, 6) is 0. The summed E-state index contributed by atoms with van der Waals surface area (Å²) in [7, 11) is 1.60. The van der Waals surface area contributed by atoms with Crippen LogP contribution in [-0.4, -0.2) is 55.3 Å². The van der Waals surface area contributed by atoms with Gasteiger partial charge in [0.1, 0.15) is 12.8 Å². The lowest BCUT2D eigenvalue weighted by Gasteiger charge is -2.39. The maximum atomic E-state index is 6.04. The van der Waals surface area contributed by atoms with Gasteiger partial charge in [0.2, 0.25) is 0 Å². The van der Waals surface area contributed by atoms with Crippen molar-refractivity contribution in [2.24, 2.45) is 5.16 Å². The van der Waals surface area contributed by atoms with Crippen molar-refractivity contribution in [3.05, 3.63) is 107 Å². The molecule has 0 aliphatic carbocycles. The molecule has 1 aliphatic heterocycles.